The van der Waals surface area contributed by atoms with Crippen molar-refractivity contribution in [3.8, 4) is 0 Å². The van der Waals surface area contributed by atoms with Crippen LogP contribution in [-0.2, 0) is 13.0 Å². The summed E-state index contributed by atoms with van der Waals surface area (Å²) in [4.78, 5) is 6.63. The van der Waals surface area contributed by atoms with E-state index in [2.05, 4.69) is 26.3 Å². The van der Waals surface area contributed by atoms with Gasteiger partial charge in [0.05, 0.1) is 18.8 Å². The van der Waals surface area contributed by atoms with Gasteiger partial charge in [-0.2, -0.15) is 0 Å². The van der Waals surface area contributed by atoms with Crippen molar-refractivity contribution in [3.63, 3.8) is 0 Å². The molecule has 1 unspecified atom stereocenters. The van der Waals surface area contributed by atoms with Crippen LogP contribution in [0.25, 0.3) is 0 Å². The van der Waals surface area contributed by atoms with Gasteiger partial charge in [0.25, 0.3) is 0 Å². The molecule has 0 saturated carbocycles. The number of aliphatic hydroxyl groups is 1. The SMILES string of the molecule is OCc1cn(C2CCCN(CCc3cccnc3)C2)nn1. The van der Waals surface area contributed by atoms with E-state index in [1.54, 1.807) is 0 Å². The van der Waals surface area contributed by atoms with Crippen molar-refractivity contribution < 1.29 is 5.11 Å². The van der Waals surface area contributed by atoms with Gasteiger partial charge in [0, 0.05) is 25.5 Å². The second-order valence-electron chi connectivity index (χ2n) is 5.56. The Hall–Kier alpha value is -1.79. The highest BCUT2D eigenvalue weighted by Gasteiger charge is 2.22. The van der Waals surface area contributed by atoms with Gasteiger partial charge in [-0.1, -0.05) is 11.3 Å². The number of piperidine rings is 1. The van der Waals surface area contributed by atoms with E-state index >= 15 is 0 Å². The number of hydrogen-bond acceptors (Lipinski definition) is 5. The molecule has 1 atom stereocenters. The van der Waals surface area contributed by atoms with Crippen LogP contribution in [0.15, 0.2) is 30.7 Å². The minimum atomic E-state index is -0.0442. The van der Waals surface area contributed by atoms with E-state index in [4.69, 9.17) is 5.11 Å². The van der Waals surface area contributed by atoms with Crippen molar-refractivity contribution in [1.29, 1.82) is 0 Å². The van der Waals surface area contributed by atoms with E-state index < -0.39 is 0 Å². The van der Waals surface area contributed by atoms with E-state index in [1.165, 1.54) is 12.0 Å². The summed E-state index contributed by atoms with van der Waals surface area (Å²) in [6.45, 7) is 3.13. The van der Waals surface area contributed by atoms with Crippen molar-refractivity contribution in [2.75, 3.05) is 19.6 Å². The third-order valence-electron chi connectivity index (χ3n) is 4.01. The first-order chi connectivity index (χ1) is 10.3. The molecule has 1 fully saturated rings. The molecule has 0 spiro atoms. The van der Waals surface area contributed by atoms with Gasteiger partial charge in [0.2, 0.25) is 0 Å². The normalized spacial score (nSPS) is 19.8. The lowest BCUT2D eigenvalue weighted by molar-refractivity contribution is 0.170. The van der Waals surface area contributed by atoms with Gasteiger partial charge in [-0.05, 0) is 37.4 Å². The molecular formula is C15H21N5O. The number of hydrogen-bond donors (Lipinski definition) is 1. The topological polar surface area (TPSA) is 67.1 Å². The highest BCUT2D eigenvalue weighted by molar-refractivity contribution is 5.08. The van der Waals surface area contributed by atoms with Crippen LogP contribution >= 0.6 is 0 Å². The van der Waals surface area contributed by atoms with E-state index in [9.17, 15) is 0 Å². The molecule has 0 bridgehead atoms. The summed E-state index contributed by atoms with van der Waals surface area (Å²) >= 11 is 0. The molecule has 21 heavy (non-hydrogen) atoms. The Morgan fingerprint density at radius 2 is 2.33 bits per heavy atom. The molecule has 3 heterocycles. The summed E-state index contributed by atoms with van der Waals surface area (Å²) in [6.07, 6.45) is 8.93. The van der Waals surface area contributed by atoms with Crippen LogP contribution < -0.4 is 0 Å². The van der Waals surface area contributed by atoms with Crippen molar-refractivity contribution in [1.82, 2.24) is 24.9 Å². The quantitative estimate of drug-likeness (QED) is 0.890. The highest BCUT2D eigenvalue weighted by atomic mass is 16.3. The van der Waals surface area contributed by atoms with Crippen LogP contribution in [0.4, 0.5) is 0 Å². The number of aliphatic hydroxyl groups excluding tert-OH is 1. The number of likely N-dealkylation sites (tertiary alicyclic amines) is 1. The predicted molar refractivity (Wildman–Crippen MR) is 78.6 cm³/mol. The number of rotatable bonds is 5. The van der Waals surface area contributed by atoms with Crippen molar-refractivity contribution >= 4 is 0 Å². The lowest BCUT2D eigenvalue weighted by Gasteiger charge is -2.32. The number of aromatic nitrogens is 4. The zero-order valence-corrected chi connectivity index (χ0v) is 12.1. The monoisotopic (exact) mass is 287 g/mol. The molecule has 2 aromatic rings. The maximum atomic E-state index is 9.08. The molecule has 1 aliphatic heterocycles. The molecule has 0 radical (unpaired) electrons. The first kappa shape index (κ1) is 14.2. The van der Waals surface area contributed by atoms with Crippen LogP contribution in [0.1, 0.15) is 30.1 Å². The zero-order chi connectivity index (χ0) is 14.5. The van der Waals surface area contributed by atoms with Gasteiger partial charge in [-0.25, -0.2) is 4.68 Å². The van der Waals surface area contributed by atoms with Gasteiger partial charge in [0.15, 0.2) is 0 Å². The average Bonchev–Trinajstić information content (AvgIpc) is 3.03. The first-order valence-corrected chi connectivity index (χ1v) is 7.48. The third kappa shape index (κ3) is 3.65. The molecule has 3 rings (SSSR count). The van der Waals surface area contributed by atoms with E-state index in [-0.39, 0.29) is 6.61 Å². The van der Waals surface area contributed by atoms with Crippen LogP contribution in [-0.4, -0.2) is 49.6 Å². The first-order valence-electron chi connectivity index (χ1n) is 7.48. The van der Waals surface area contributed by atoms with Gasteiger partial charge in [-0.3, -0.25) is 4.98 Å². The molecule has 2 aromatic heterocycles. The van der Waals surface area contributed by atoms with Crippen molar-refractivity contribution in [2.24, 2.45) is 0 Å². The van der Waals surface area contributed by atoms with Crippen LogP contribution in [0.3, 0.4) is 0 Å². The van der Waals surface area contributed by atoms with Gasteiger partial charge < -0.3 is 10.0 Å². The van der Waals surface area contributed by atoms with Gasteiger partial charge in [0.1, 0.15) is 5.69 Å². The second kappa shape index (κ2) is 6.78. The molecule has 6 heteroatoms. The average molecular weight is 287 g/mol. The molecule has 6 nitrogen and oxygen atoms in total. The minimum absolute atomic E-state index is 0.0442. The summed E-state index contributed by atoms with van der Waals surface area (Å²) < 4.78 is 1.90. The van der Waals surface area contributed by atoms with Crippen LogP contribution in [0.2, 0.25) is 0 Å². The minimum Gasteiger partial charge on any atom is -0.390 e. The van der Waals surface area contributed by atoms with Gasteiger partial charge in [-0.15, -0.1) is 5.10 Å². The summed E-state index contributed by atoms with van der Waals surface area (Å²) in [7, 11) is 0. The Bertz CT molecular complexity index is 556. The largest absolute Gasteiger partial charge is 0.390 e. The Balaban J connectivity index is 1.55. The Morgan fingerprint density at radius 1 is 1.38 bits per heavy atom. The van der Waals surface area contributed by atoms with Crippen molar-refractivity contribution in [3.05, 3.63) is 42.0 Å². The molecule has 1 aliphatic rings. The molecule has 1 N–H and O–H groups in total. The predicted octanol–water partition coefficient (Wildman–Crippen LogP) is 1.04. The summed E-state index contributed by atoms with van der Waals surface area (Å²) in [5.41, 5.74) is 1.92. The summed E-state index contributed by atoms with van der Waals surface area (Å²) in [5, 5.41) is 17.2. The molecular weight excluding hydrogens is 266 g/mol. The summed E-state index contributed by atoms with van der Waals surface area (Å²) in [5.74, 6) is 0. The lowest BCUT2D eigenvalue weighted by Crippen LogP contribution is -2.38. The Kier molecular flexibility index (Phi) is 4.57. The fourth-order valence-corrected chi connectivity index (χ4v) is 2.85. The van der Waals surface area contributed by atoms with E-state index in [0.29, 0.717) is 11.7 Å². The second-order valence-corrected chi connectivity index (χ2v) is 5.56. The van der Waals surface area contributed by atoms with E-state index in [1.807, 2.05) is 29.3 Å². The number of pyridine rings is 1. The van der Waals surface area contributed by atoms with Crippen LogP contribution in [0.5, 0.6) is 0 Å². The molecule has 1 saturated heterocycles. The molecule has 0 aliphatic carbocycles. The number of nitrogens with zero attached hydrogens (tertiary/aromatic N) is 5. The fourth-order valence-electron chi connectivity index (χ4n) is 2.85. The fraction of sp³-hybridized carbons (Fsp3) is 0.533. The molecule has 0 aromatic carbocycles. The maximum absolute atomic E-state index is 9.08. The van der Waals surface area contributed by atoms with Crippen LogP contribution in [0, 0.1) is 0 Å². The van der Waals surface area contributed by atoms with Gasteiger partial charge >= 0.3 is 0 Å². The smallest absolute Gasteiger partial charge is 0.108 e. The third-order valence-corrected chi connectivity index (χ3v) is 4.01. The molecule has 0 amide bonds. The Labute approximate surface area is 124 Å². The molecule has 112 valence electrons. The van der Waals surface area contributed by atoms with Crippen molar-refractivity contribution in [2.45, 2.75) is 31.9 Å². The highest BCUT2D eigenvalue weighted by Crippen LogP contribution is 2.21. The maximum Gasteiger partial charge on any atom is 0.108 e. The lowest BCUT2D eigenvalue weighted by atomic mass is 10.1. The Morgan fingerprint density at radius 3 is 3.10 bits per heavy atom. The summed E-state index contributed by atoms with van der Waals surface area (Å²) in [6, 6.07) is 4.47. The van der Waals surface area contributed by atoms with E-state index in [0.717, 1.165) is 32.5 Å². The zero-order valence-electron chi connectivity index (χ0n) is 12.1. The standard InChI is InChI=1S/C15H21N5O/c21-12-14-10-20(18-17-14)15-4-2-7-19(11-15)8-5-13-3-1-6-16-9-13/h1,3,6,9-10,15,21H,2,4-5,7-8,11-12H2.